The summed E-state index contributed by atoms with van der Waals surface area (Å²) in [5, 5.41) is 0. The standard InChI is InChI=1S/C45H36O9S2/c1-30-7-13-40(29-45(30)54-44-26-12-35(27-31(44)2)34-5-4-6-43(28-34)56(48,49)50)53-39-20-24-42(25-21-39)55(46,47)41-22-18-38(19-23-41)52-37-16-10-33(11-17-37)32-8-14-36(51-3)15-9-32/h4-29H,1-3H3,(H,48,49,50). The third-order valence-electron chi connectivity index (χ3n) is 9.04. The van der Waals surface area contributed by atoms with Crippen molar-refractivity contribution < 1.29 is 40.3 Å². The molecule has 0 saturated carbocycles. The number of hydrogen-bond donors (Lipinski definition) is 1. The minimum Gasteiger partial charge on any atom is -0.497 e. The summed E-state index contributed by atoms with van der Waals surface area (Å²) in [6.07, 6.45) is 0. The number of aryl methyl sites for hydroxylation is 2. The van der Waals surface area contributed by atoms with Crippen molar-refractivity contribution in [1.29, 1.82) is 0 Å². The van der Waals surface area contributed by atoms with E-state index >= 15 is 0 Å². The van der Waals surface area contributed by atoms with Crippen LogP contribution < -0.4 is 18.9 Å². The summed E-state index contributed by atoms with van der Waals surface area (Å²) in [6, 6.07) is 44.9. The molecule has 0 unspecified atom stereocenters. The molecule has 0 aromatic heterocycles. The molecule has 7 aromatic rings. The number of methoxy groups -OCH3 is 1. The number of benzene rings is 7. The van der Waals surface area contributed by atoms with Crippen LogP contribution in [0.4, 0.5) is 0 Å². The smallest absolute Gasteiger partial charge is 0.294 e. The Labute approximate surface area is 326 Å². The molecular formula is C45H36O9S2. The van der Waals surface area contributed by atoms with E-state index in [-0.39, 0.29) is 14.7 Å². The maximum atomic E-state index is 13.5. The van der Waals surface area contributed by atoms with Gasteiger partial charge >= 0.3 is 0 Å². The van der Waals surface area contributed by atoms with Gasteiger partial charge in [0.1, 0.15) is 40.2 Å². The number of rotatable bonds is 12. The molecule has 9 nitrogen and oxygen atoms in total. The van der Waals surface area contributed by atoms with Gasteiger partial charge in [0.2, 0.25) is 9.84 Å². The second kappa shape index (κ2) is 15.8. The zero-order valence-corrected chi connectivity index (χ0v) is 32.2. The van der Waals surface area contributed by atoms with Crippen molar-refractivity contribution >= 4 is 20.0 Å². The van der Waals surface area contributed by atoms with Crippen LogP contribution in [-0.2, 0) is 20.0 Å². The van der Waals surface area contributed by atoms with Gasteiger partial charge in [0.25, 0.3) is 10.1 Å². The van der Waals surface area contributed by atoms with Gasteiger partial charge in [0.05, 0.1) is 21.8 Å². The molecule has 56 heavy (non-hydrogen) atoms. The molecule has 7 rings (SSSR count). The van der Waals surface area contributed by atoms with E-state index < -0.39 is 20.0 Å². The normalized spacial score (nSPS) is 11.5. The highest BCUT2D eigenvalue weighted by Crippen LogP contribution is 2.36. The van der Waals surface area contributed by atoms with E-state index in [9.17, 15) is 21.4 Å². The lowest BCUT2D eigenvalue weighted by Gasteiger charge is -2.14. The Balaban J connectivity index is 0.990. The van der Waals surface area contributed by atoms with Gasteiger partial charge in [-0.15, -0.1) is 0 Å². The van der Waals surface area contributed by atoms with Gasteiger partial charge in [0.15, 0.2) is 0 Å². The topological polar surface area (TPSA) is 125 Å². The van der Waals surface area contributed by atoms with Crippen molar-refractivity contribution in [2.24, 2.45) is 0 Å². The molecular weight excluding hydrogens is 749 g/mol. The van der Waals surface area contributed by atoms with E-state index in [1.165, 1.54) is 36.4 Å². The summed E-state index contributed by atoms with van der Waals surface area (Å²) >= 11 is 0. The SMILES string of the molecule is COc1ccc(-c2ccc(Oc3ccc(S(=O)(=O)c4ccc(Oc5ccc(C)c(Oc6ccc(-c7cccc(S(=O)(=O)O)c7)cc6C)c5)cc4)cc3)cc2)cc1. The lowest BCUT2D eigenvalue weighted by Crippen LogP contribution is -2.02. The molecule has 0 spiro atoms. The first-order chi connectivity index (χ1) is 26.8. The largest absolute Gasteiger partial charge is 0.497 e. The molecule has 11 heteroatoms. The van der Waals surface area contributed by atoms with Crippen LogP contribution in [0.1, 0.15) is 11.1 Å². The molecule has 0 saturated heterocycles. The third-order valence-corrected chi connectivity index (χ3v) is 11.7. The summed E-state index contributed by atoms with van der Waals surface area (Å²) in [6.45, 7) is 3.78. The van der Waals surface area contributed by atoms with Crippen molar-refractivity contribution in [3.05, 3.63) is 169 Å². The highest BCUT2D eigenvalue weighted by atomic mass is 32.2. The summed E-state index contributed by atoms with van der Waals surface area (Å²) in [5.41, 5.74) is 5.13. The molecule has 0 aliphatic carbocycles. The lowest BCUT2D eigenvalue weighted by molar-refractivity contribution is 0.415. The second-order valence-electron chi connectivity index (χ2n) is 12.9. The fourth-order valence-electron chi connectivity index (χ4n) is 5.93. The van der Waals surface area contributed by atoms with Crippen molar-refractivity contribution in [2.75, 3.05) is 7.11 Å². The molecule has 282 valence electrons. The highest BCUT2D eigenvalue weighted by Gasteiger charge is 2.18. The van der Waals surface area contributed by atoms with E-state index in [4.69, 9.17) is 18.9 Å². The molecule has 1 N–H and O–H groups in total. The molecule has 0 atom stereocenters. The van der Waals surface area contributed by atoms with Crippen molar-refractivity contribution in [2.45, 2.75) is 28.5 Å². The van der Waals surface area contributed by atoms with Gasteiger partial charge in [-0.3, -0.25) is 4.55 Å². The fourth-order valence-corrected chi connectivity index (χ4v) is 7.72. The highest BCUT2D eigenvalue weighted by molar-refractivity contribution is 7.91. The van der Waals surface area contributed by atoms with Crippen LogP contribution in [0.2, 0.25) is 0 Å². The Bertz CT molecular complexity index is 2730. The minimum absolute atomic E-state index is 0.115. The van der Waals surface area contributed by atoms with Crippen molar-refractivity contribution in [3.63, 3.8) is 0 Å². The number of ether oxygens (including phenoxy) is 4. The van der Waals surface area contributed by atoms with E-state index in [0.717, 1.165) is 33.6 Å². The van der Waals surface area contributed by atoms with E-state index in [1.807, 2.05) is 80.6 Å². The third kappa shape index (κ3) is 8.61. The predicted molar refractivity (Wildman–Crippen MR) is 215 cm³/mol. The van der Waals surface area contributed by atoms with Crippen LogP contribution in [0.3, 0.4) is 0 Å². The van der Waals surface area contributed by atoms with Gasteiger partial charge in [-0.1, -0.05) is 48.5 Å². The molecule has 7 aromatic carbocycles. The summed E-state index contributed by atoms with van der Waals surface area (Å²) in [5.74, 6) is 3.99. The monoisotopic (exact) mass is 784 g/mol. The van der Waals surface area contributed by atoms with Crippen LogP contribution in [0.25, 0.3) is 22.3 Å². The second-order valence-corrected chi connectivity index (χ2v) is 16.3. The zero-order valence-electron chi connectivity index (χ0n) is 30.5. The average Bonchev–Trinajstić information content (AvgIpc) is 3.20. The van der Waals surface area contributed by atoms with Gasteiger partial charge in [-0.2, -0.15) is 8.42 Å². The fraction of sp³-hybridized carbons (Fsp3) is 0.0667. The molecule has 0 amide bonds. The molecule has 0 fully saturated rings. The Morgan fingerprint density at radius 3 is 1.43 bits per heavy atom. The van der Waals surface area contributed by atoms with Gasteiger partial charge < -0.3 is 18.9 Å². The average molecular weight is 785 g/mol. The van der Waals surface area contributed by atoms with E-state index in [1.54, 1.807) is 61.7 Å². The quantitative estimate of drug-likeness (QED) is 0.121. The first kappa shape index (κ1) is 37.9. The van der Waals surface area contributed by atoms with Gasteiger partial charge in [-0.05, 0) is 150 Å². The van der Waals surface area contributed by atoms with Gasteiger partial charge in [0, 0.05) is 6.07 Å². The van der Waals surface area contributed by atoms with Crippen LogP contribution in [-0.4, -0.2) is 28.5 Å². The molecule has 0 aliphatic rings. The molecule has 0 aliphatic heterocycles. The maximum absolute atomic E-state index is 13.5. The van der Waals surface area contributed by atoms with Crippen molar-refractivity contribution in [1.82, 2.24) is 0 Å². The molecule has 0 bridgehead atoms. The number of hydrogen-bond acceptors (Lipinski definition) is 8. The molecule has 0 radical (unpaired) electrons. The lowest BCUT2D eigenvalue weighted by atomic mass is 10.0. The maximum Gasteiger partial charge on any atom is 0.294 e. The van der Waals surface area contributed by atoms with E-state index in [2.05, 4.69) is 0 Å². The van der Waals surface area contributed by atoms with Crippen LogP contribution in [0, 0.1) is 13.8 Å². The van der Waals surface area contributed by atoms with Crippen molar-refractivity contribution in [3.8, 4) is 62.5 Å². The Hall–Kier alpha value is -6.40. The van der Waals surface area contributed by atoms with Gasteiger partial charge in [-0.25, -0.2) is 8.42 Å². The van der Waals surface area contributed by atoms with E-state index in [0.29, 0.717) is 40.1 Å². The van der Waals surface area contributed by atoms with Crippen LogP contribution in [0.15, 0.2) is 172 Å². The zero-order chi connectivity index (χ0) is 39.5. The Kier molecular flexibility index (Phi) is 10.7. The summed E-state index contributed by atoms with van der Waals surface area (Å²) < 4.78 is 83.2. The first-order valence-electron chi connectivity index (χ1n) is 17.4. The Morgan fingerprint density at radius 2 is 0.893 bits per heavy atom. The molecule has 0 heterocycles. The summed E-state index contributed by atoms with van der Waals surface area (Å²) in [4.78, 5) is 0.0610. The first-order valence-corrected chi connectivity index (χ1v) is 20.3. The minimum atomic E-state index is -4.33. The summed E-state index contributed by atoms with van der Waals surface area (Å²) in [7, 11) is -6.52. The number of sulfone groups is 1. The predicted octanol–water partition coefficient (Wildman–Crippen LogP) is 11.1. The van der Waals surface area contributed by atoms with Crippen LogP contribution >= 0.6 is 0 Å². The Morgan fingerprint density at radius 1 is 0.411 bits per heavy atom. The van der Waals surface area contributed by atoms with Crippen LogP contribution in [0.5, 0.6) is 40.2 Å².